The van der Waals surface area contributed by atoms with Gasteiger partial charge in [0, 0.05) is 24.0 Å². The van der Waals surface area contributed by atoms with Crippen LogP contribution in [-0.4, -0.2) is 25.5 Å². The van der Waals surface area contributed by atoms with E-state index in [1.165, 1.54) is 6.92 Å². The lowest BCUT2D eigenvalue weighted by Crippen LogP contribution is -2.27. The van der Waals surface area contributed by atoms with Gasteiger partial charge in [-0.25, -0.2) is 0 Å². The van der Waals surface area contributed by atoms with Crippen LogP contribution in [-0.2, 0) is 22.4 Å². The fourth-order valence-corrected chi connectivity index (χ4v) is 2.93. The third-order valence-corrected chi connectivity index (χ3v) is 4.11. The first kappa shape index (κ1) is 17.0. The number of carbonyl (C=O) groups excluding carboxylic acids is 2. The molecule has 0 saturated carbocycles. The Balaban J connectivity index is 1.90. The summed E-state index contributed by atoms with van der Waals surface area (Å²) in [4.78, 5) is 24.1. The van der Waals surface area contributed by atoms with Crippen molar-refractivity contribution in [3.8, 4) is 5.75 Å². The average Bonchev–Trinajstić information content (AvgIpc) is 3.00. The van der Waals surface area contributed by atoms with E-state index in [0.717, 1.165) is 21.9 Å². The van der Waals surface area contributed by atoms with E-state index >= 15 is 0 Å². The van der Waals surface area contributed by atoms with Crippen LogP contribution in [0.2, 0.25) is 0 Å². The number of thiophene rings is 1. The number of hydrogen-bond donors (Lipinski definition) is 2. The van der Waals surface area contributed by atoms with Gasteiger partial charge in [0.25, 0.3) is 0 Å². The van der Waals surface area contributed by atoms with Crippen LogP contribution in [0.25, 0.3) is 0 Å². The van der Waals surface area contributed by atoms with Gasteiger partial charge >= 0.3 is 0 Å². The molecule has 5 nitrogen and oxygen atoms in total. The minimum Gasteiger partial charge on any atom is -0.496 e. The van der Waals surface area contributed by atoms with Crippen molar-refractivity contribution < 1.29 is 14.3 Å². The first-order valence-electron chi connectivity index (χ1n) is 7.32. The Hall–Kier alpha value is -2.34. The number of ether oxygens (including phenoxy) is 1. The highest BCUT2D eigenvalue weighted by Crippen LogP contribution is 2.23. The Kier molecular flexibility index (Phi) is 6.17. The highest BCUT2D eigenvalue weighted by molar-refractivity contribution is 7.10. The Morgan fingerprint density at radius 1 is 1.26 bits per heavy atom. The molecule has 2 amide bonds. The summed E-state index contributed by atoms with van der Waals surface area (Å²) in [6.07, 6.45) is 1.04. The van der Waals surface area contributed by atoms with Crippen molar-refractivity contribution in [2.75, 3.05) is 19.0 Å². The van der Waals surface area contributed by atoms with Gasteiger partial charge < -0.3 is 15.4 Å². The van der Waals surface area contributed by atoms with Gasteiger partial charge in [-0.1, -0.05) is 6.07 Å². The zero-order valence-corrected chi connectivity index (χ0v) is 14.0. The number of anilines is 1. The van der Waals surface area contributed by atoms with Crippen LogP contribution in [0.15, 0.2) is 35.7 Å². The number of hydrogen-bond acceptors (Lipinski definition) is 4. The van der Waals surface area contributed by atoms with Crippen LogP contribution in [0.1, 0.15) is 17.4 Å². The monoisotopic (exact) mass is 332 g/mol. The Labute approximate surface area is 139 Å². The van der Waals surface area contributed by atoms with Crippen LogP contribution in [0.5, 0.6) is 5.75 Å². The smallest absolute Gasteiger partial charge is 0.225 e. The van der Waals surface area contributed by atoms with Crippen molar-refractivity contribution in [1.29, 1.82) is 0 Å². The summed E-state index contributed by atoms with van der Waals surface area (Å²) in [5.41, 5.74) is 1.66. The normalized spacial score (nSPS) is 10.2. The Bertz CT molecular complexity index is 668. The van der Waals surface area contributed by atoms with Crippen LogP contribution in [0.3, 0.4) is 0 Å². The number of methoxy groups -OCH3 is 1. The summed E-state index contributed by atoms with van der Waals surface area (Å²) in [6.45, 7) is 1.98. The highest BCUT2D eigenvalue weighted by atomic mass is 32.1. The van der Waals surface area contributed by atoms with Gasteiger partial charge in [-0.3, -0.25) is 9.59 Å². The number of carbonyl (C=O) groups is 2. The molecule has 1 heterocycles. The molecule has 6 heteroatoms. The van der Waals surface area contributed by atoms with Gasteiger partial charge in [-0.2, -0.15) is 0 Å². The molecule has 0 saturated heterocycles. The molecule has 0 bridgehead atoms. The van der Waals surface area contributed by atoms with Gasteiger partial charge in [-0.05, 0) is 41.6 Å². The molecule has 0 aliphatic heterocycles. The molecule has 1 aromatic carbocycles. The summed E-state index contributed by atoms with van der Waals surface area (Å²) in [6, 6.07) is 9.36. The minimum absolute atomic E-state index is 0.00410. The quantitative estimate of drug-likeness (QED) is 0.819. The third kappa shape index (κ3) is 5.41. The first-order valence-corrected chi connectivity index (χ1v) is 8.20. The molecule has 0 atom stereocenters. The molecule has 0 fully saturated rings. The van der Waals surface area contributed by atoms with Crippen molar-refractivity contribution in [1.82, 2.24) is 5.32 Å². The second-order valence-electron chi connectivity index (χ2n) is 5.06. The minimum atomic E-state index is -0.120. The average molecular weight is 332 g/mol. The molecule has 0 radical (unpaired) electrons. The van der Waals surface area contributed by atoms with Crippen LogP contribution >= 0.6 is 11.3 Å². The molecular weight excluding hydrogens is 312 g/mol. The number of amides is 2. The van der Waals surface area contributed by atoms with E-state index in [0.29, 0.717) is 19.4 Å². The topological polar surface area (TPSA) is 67.4 Å². The largest absolute Gasteiger partial charge is 0.496 e. The standard InChI is InChI=1S/C17H20N2O3S/c1-12(20)19-14-5-6-16(22-2)13(10-14)7-8-18-17(21)11-15-4-3-9-23-15/h3-6,9-10H,7-8,11H2,1-2H3,(H,18,21)(H,19,20). The van der Waals surface area contributed by atoms with Crippen molar-refractivity contribution in [2.45, 2.75) is 19.8 Å². The predicted molar refractivity (Wildman–Crippen MR) is 92.0 cm³/mol. The molecule has 122 valence electrons. The molecule has 0 aliphatic carbocycles. The van der Waals surface area contributed by atoms with E-state index in [1.54, 1.807) is 24.5 Å². The van der Waals surface area contributed by atoms with E-state index < -0.39 is 0 Å². The first-order chi connectivity index (χ1) is 11.1. The molecular formula is C17H20N2O3S. The van der Waals surface area contributed by atoms with Gasteiger partial charge in [0.05, 0.1) is 13.5 Å². The zero-order valence-electron chi connectivity index (χ0n) is 13.2. The SMILES string of the molecule is COc1ccc(NC(C)=O)cc1CCNC(=O)Cc1cccs1. The van der Waals surface area contributed by atoms with E-state index in [9.17, 15) is 9.59 Å². The lowest BCUT2D eigenvalue weighted by Gasteiger charge is -2.11. The van der Waals surface area contributed by atoms with Gasteiger partial charge in [0.2, 0.25) is 11.8 Å². The van der Waals surface area contributed by atoms with Crippen molar-refractivity contribution in [2.24, 2.45) is 0 Å². The maximum absolute atomic E-state index is 11.9. The summed E-state index contributed by atoms with van der Waals surface area (Å²) >= 11 is 1.57. The number of rotatable bonds is 7. The molecule has 2 aromatic rings. The van der Waals surface area contributed by atoms with Gasteiger partial charge in [-0.15, -0.1) is 11.3 Å². The lowest BCUT2D eigenvalue weighted by molar-refractivity contribution is -0.120. The van der Waals surface area contributed by atoms with E-state index in [-0.39, 0.29) is 11.8 Å². The van der Waals surface area contributed by atoms with Crippen LogP contribution < -0.4 is 15.4 Å². The molecule has 2 rings (SSSR count). The van der Waals surface area contributed by atoms with Crippen LogP contribution in [0, 0.1) is 0 Å². The molecule has 0 aliphatic rings. The zero-order chi connectivity index (χ0) is 16.7. The Morgan fingerprint density at radius 2 is 2.09 bits per heavy atom. The van der Waals surface area contributed by atoms with Gasteiger partial charge in [0.1, 0.15) is 5.75 Å². The fourth-order valence-electron chi connectivity index (χ4n) is 2.23. The maximum atomic E-state index is 11.9. The predicted octanol–water partition coefficient (Wildman–Crippen LogP) is 2.62. The summed E-state index contributed by atoms with van der Waals surface area (Å²) in [5.74, 6) is 0.626. The van der Waals surface area contributed by atoms with Crippen molar-refractivity contribution in [3.05, 3.63) is 46.2 Å². The molecule has 1 aromatic heterocycles. The number of nitrogens with one attached hydrogen (secondary N) is 2. The van der Waals surface area contributed by atoms with Crippen molar-refractivity contribution in [3.63, 3.8) is 0 Å². The van der Waals surface area contributed by atoms with E-state index in [1.807, 2.05) is 29.6 Å². The third-order valence-electron chi connectivity index (χ3n) is 3.23. The second-order valence-corrected chi connectivity index (χ2v) is 6.10. The molecule has 0 unspecified atom stereocenters. The summed E-state index contributed by atoms with van der Waals surface area (Å²) in [5, 5.41) is 7.61. The lowest BCUT2D eigenvalue weighted by atomic mass is 10.1. The molecule has 23 heavy (non-hydrogen) atoms. The van der Waals surface area contributed by atoms with Gasteiger partial charge in [0.15, 0.2) is 0 Å². The molecule has 2 N–H and O–H groups in total. The molecule has 0 spiro atoms. The number of benzene rings is 1. The van der Waals surface area contributed by atoms with Crippen LogP contribution in [0.4, 0.5) is 5.69 Å². The van der Waals surface area contributed by atoms with E-state index in [2.05, 4.69) is 10.6 Å². The van der Waals surface area contributed by atoms with E-state index in [4.69, 9.17) is 4.74 Å². The maximum Gasteiger partial charge on any atom is 0.225 e. The Morgan fingerprint density at radius 3 is 2.74 bits per heavy atom. The second kappa shape index (κ2) is 8.33. The highest BCUT2D eigenvalue weighted by Gasteiger charge is 2.08. The van der Waals surface area contributed by atoms with Crippen molar-refractivity contribution >= 4 is 28.8 Å². The fraction of sp³-hybridized carbons (Fsp3) is 0.294. The summed E-state index contributed by atoms with van der Waals surface area (Å²) < 4.78 is 5.32. The summed E-state index contributed by atoms with van der Waals surface area (Å²) in [7, 11) is 1.60.